The molecule has 3 nitrogen and oxygen atoms in total. The van der Waals surface area contributed by atoms with Gasteiger partial charge in [0, 0.05) is 13.7 Å². The molecule has 0 atom stereocenters. The van der Waals surface area contributed by atoms with Gasteiger partial charge in [0.05, 0.1) is 13.2 Å². The third-order valence-corrected chi connectivity index (χ3v) is 2.72. The van der Waals surface area contributed by atoms with Gasteiger partial charge < -0.3 is 14.2 Å². The minimum absolute atomic E-state index is 0.378. The van der Waals surface area contributed by atoms with E-state index < -0.39 is 0 Å². The number of ether oxygens (including phenoxy) is 3. The van der Waals surface area contributed by atoms with Gasteiger partial charge in [0.25, 0.3) is 0 Å². The standard InChI is InChI=1S/C16H24O3/c1-15(7-6-11-19-14-17-2)10-12-18-13-16-8-4-3-5-9-16/h3-5,8-10H,6-7,11-14H2,1-2H3/b15-10+. The molecule has 0 heterocycles. The first kappa shape index (κ1) is 15.9. The van der Waals surface area contributed by atoms with Crippen molar-refractivity contribution in [3.8, 4) is 0 Å². The highest BCUT2D eigenvalue weighted by atomic mass is 16.7. The molecule has 0 unspecified atom stereocenters. The first-order chi connectivity index (χ1) is 9.33. The molecule has 0 aliphatic carbocycles. The van der Waals surface area contributed by atoms with Gasteiger partial charge in [0.1, 0.15) is 6.79 Å². The molecule has 0 saturated heterocycles. The van der Waals surface area contributed by atoms with Gasteiger partial charge in [-0.05, 0) is 25.3 Å². The highest BCUT2D eigenvalue weighted by molar-refractivity contribution is 5.13. The van der Waals surface area contributed by atoms with E-state index in [1.807, 2.05) is 18.2 Å². The molecule has 106 valence electrons. The Morgan fingerprint density at radius 1 is 1.16 bits per heavy atom. The molecule has 1 rings (SSSR count). The van der Waals surface area contributed by atoms with Gasteiger partial charge in [0.15, 0.2) is 0 Å². The van der Waals surface area contributed by atoms with Crippen molar-refractivity contribution in [1.29, 1.82) is 0 Å². The molecule has 1 aromatic carbocycles. The lowest BCUT2D eigenvalue weighted by molar-refractivity contribution is -0.0310. The molecule has 0 radical (unpaired) electrons. The lowest BCUT2D eigenvalue weighted by Gasteiger charge is -2.04. The molecule has 0 aliphatic rings. The Bertz CT molecular complexity index is 346. The maximum absolute atomic E-state index is 5.61. The molecule has 0 spiro atoms. The Morgan fingerprint density at radius 3 is 2.68 bits per heavy atom. The number of benzene rings is 1. The Kier molecular flexibility index (Phi) is 8.98. The van der Waals surface area contributed by atoms with Crippen molar-refractivity contribution < 1.29 is 14.2 Å². The van der Waals surface area contributed by atoms with E-state index in [0.717, 1.165) is 19.4 Å². The molecule has 0 bridgehead atoms. The van der Waals surface area contributed by atoms with Crippen LogP contribution in [0.15, 0.2) is 42.0 Å². The molecule has 0 N–H and O–H groups in total. The van der Waals surface area contributed by atoms with Gasteiger partial charge >= 0.3 is 0 Å². The van der Waals surface area contributed by atoms with E-state index >= 15 is 0 Å². The maximum Gasteiger partial charge on any atom is 0.146 e. The van der Waals surface area contributed by atoms with Crippen LogP contribution in [0.2, 0.25) is 0 Å². The fourth-order valence-corrected chi connectivity index (χ4v) is 1.65. The zero-order valence-corrected chi connectivity index (χ0v) is 11.9. The van der Waals surface area contributed by atoms with Crippen LogP contribution in [-0.2, 0) is 20.8 Å². The van der Waals surface area contributed by atoms with Crippen LogP contribution in [-0.4, -0.2) is 27.1 Å². The summed E-state index contributed by atoms with van der Waals surface area (Å²) >= 11 is 0. The second kappa shape index (κ2) is 10.7. The van der Waals surface area contributed by atoms with Crippen LogP contribution in [0.1, 0.15) is 25.3 Å². The summed E-state index contributed by atoms with van der Waals surface area (Å²) in [4.78, 5) is 0. The van der Waals surface area contributed by atoms with Gasteiger partial charge in [0.2, 0.25) is 0 Å². The van der Waals surface area contributed by atoms with Gasteiger partial charge in [-0.3, -0.25) is 0 Å². The molecule has 1 aromatic rings. The summed E-state index contributed by atoms with van der Waals surface area (Å²) in [7, 11) is 1.63. The molecule has 0 fully saturated rings. The molecule has 0 aliphatic heterocycles. The zero-order valence-electron chi connectivity index (χ0n) is 11.9. The van der Waals surface area contributed by atoms with Crippen molar-refractivity contribution in [1.82, 2.24) is 0 Å². The summed E-state index contributed by atoms with van der Waals surface area (Å²) in [6.07, 6.45) is 4.20. The van der Waals surface area contributed by atoms with Gasteiger partial charge in [-0.25, -0.2) is 0 Å². The predicted octanol–water partition coefficient (Wildman–Crippen LogP) is 3.55. The Morgan fingerprint density at radius 2 is 1.95 bits per heavy atom. The Labute approximate surface area is 116 Å². The largest absolute Gasteiger partial charge is 0.373 e. The number of hydrogen-bond acceptors (Lipinski definition) is 3. The lowest BCUT2D eigenvalue weighted by Crippen LogP contribution is -1.99. The van der Waals surface area contributed by atoms with Gasteiger partial charge in [-0.1, -0.05) is 42.0 Å². The van der Waals surface area contributed by atoms with Crippen molar-refractivity contribution in [2.24, 2.45) is 0 Å². The van der Waals surface area contributed by atoms with E-state index in [2.05, 4.69) is 25.1 Å². The second-order valence-corrected chi connectivity index (χ2v) is 4.47. The lowest BCUT2D eigenvalue weighted by atomic mass is 10.1. The fourth-order valence-electron chi connectivity index (χ4n) is 1.65. The first-order valence-electron chi connectivity index (χ1n) is 6.67. The van der Waals surface area contributed by atoms with E-state index in [9.17, 15) is 0 Å². The quantitative estimate of drug-likeness (QED) is 0.367. The minimum Gasteiger partial charge on any atom is -0.373 e. The van der Waals surface area contributed by atoms with Crippen LogP contribution in [0.25, 0.3) is 0 Å². The van der Waals surface area contributed by atoms with Crippen LogP contribution in [0.4, 0.5) is 0 Å². The van der Waals surface area contributed by atoms with Crippen LogP contribution >= 0.6 is 0 Å². The average molecular weight is 264 g/mol. The third kappa shape index (κ3) is 8.54. The number of hydrogen-bond donors (Lipinski definition) is 0. The molecule has 3 heteroatoms. The van der Waals surface area contributed by atoms with Crippen molar-refractivity contribution in [2.45, 2.75) is 26.4 Å². The first-order valence-corrected chi connectivity index (χ1v) is 6.67. The van der Waals surface area contributed by atoms with Crippen LogP contribution < -0.4 is 0 Å². The molecular weight excluding hydrogens is 240 g/mol. The maximum atomic E-state index is 5.61. The number of rotatable bonds is 10. The van der Waals surface area contributed by atoms with Crippen LogP contribution in [0, 0.1) is 0 Å². The second-order valence-electron chi connectivity index (χ2n) is 4.47. The number of methoxy groups -OCH3 is 1. The minimum atomic E-state index is 0.378. The number of allylic oxidation sites excluding steroid dienone is 1. The summed E-state index contributed by atoms with van der Waals surface area (Å²) in [6, 6.07) is 10.2. The van der Waals surface area contributed by atoms with Gasteiger partial charge in [-0.15, -0.1) is 0 Å². The summed E-state index contributed by atoms with van der Waals surface area (Å²) in [6.45, 7) is 4.58. The average Bonchev–Trinajstić information content (AvgIpc) is 2.44. The molecule has 0 saturated carbocycles. The molecule has 19 heavy (non-hydrogen) atoms. The topological polar surface area (TPSA) is 27.7 Å². The summed E-state index contributed by atoms with van der Waals surface area (Å²) in [5.41, 5.74) is 2.55. The van der Waals surface area contributed by atoms with Crippen molar-refractivity contribution in [3.05, 3.63) is 47.5 Å². The third-order valence-electron chi connectivity index (χ3n) is 2.72. The van der Waals surface area contributed by atoms with E-state index in [1.54, 1.807) is 7.11 Å². The highest BCUT2D eigenvalue weighted by Gasteiger charge is 1.93. The summed E-state index contributed by atoms with van der Waals surface area (Å²) in [5.74, 6) is 0. The van der Waals surface area contributed by atoms with E-state index in [1.165, 1.54) is 11.1 Å². The van der Waals surface area contributed by atoms with Crippen LogP contribution in [0.3, 0.4) is 0 Å². The van der Waals surface area contributed by atoms with E-state index in [-0.39, 0.29) is 0 Å². The highest BCUT2D eigenvalue weighted by Crippen LogP contribution is 2.05. The van der Waals surface area contributed by atoms with Gasteiger partial charge in [-0.2, -0.15) is 0 Å². The summed E-state index contributed by atoms with van der Waals surface area (Å²) in [5, 5.41) is 0. The normalized spacial score (nSPS) is 11.8. The van der Waals surface area contributed by atoms with Crippen molar-refractivity contribution in [2.75, 3.05) is 27.1 Å². The summed E-state index contributed by atoms with van der Waals surface area (Å²) < 4.78 is 15.7. The molecule has 0 amide bonds. The van der Waals surface area contributed by atoms with E-state index in [4.69, 9.17) is 14.2 Å². The predicted molar refractivity (Wildman–Crippen MR) is 76.9 cm³/mol. The van der Waals surface area contributed by atoms with Crippen LogP contribution in [0.5, 0.6) is 0 Å². The van der Waals surface area contributed by atoms with Crippen molar-refractivity contribution >= 4 is 0 Å². The molecular formula is C16H24O3. The monoisotopic (exact) mass is 264 g/mol. The SMILES string of the molecule is COCOCCC/C(C)=C/COCc1ccccc1. The Balaban J connectivity index is 2.04. The van der Waals surface area contributed by atoms with E-state index in [0.29, 0.717) is 20.0 Å². The molecule has 0 aromatic heterocycles. The zero-order chi connectivity index (χ0) is 13.8. The smallest absolute Gasteiger partial charge is 0.146 e. The Hall–Kier alpha value is -1.16. The fraction of sp³-hybridized carbons (Fsp3) is 0.500. The van der Waals surface area contributed by atoms with Crippen molar-refractivity contribution in [3.63, 3.8) is 0 Å².